The SMILES string of the molecule is N=C(N)NCCC[C@@H]1NC(=O)CNC(=O)[C@@H](CC(=O)O)NC(=O)[C@@H](Cc2ccccc2)NC(=O)C(CCCCNC(=O)C(CCC(=O)NCCCC[C@H]2NC(=O)[C@H](CCCNC(=N)N)NC(=O)CNC(=O)C(CC(=O)O)NC(=O)[C@@H](Cc3ccccc3)NC2=O)NC(=O)c2ccc(N=NCc3ccccc3S(=O)(=O)O)nc2)NC1=O. The minimum absolute atomic E-state index is 0.0375. The van der Waals surface area contributed by atoms with Gasteiger partial charge in [-0.05, 0) is 106 Å². The second-order valence-electron chi connectivity index (χ2n) is 26.7. The Morgan fingerprint density at radius 2 is 0.904 bits per heavy atom. The van der Waals surface area contributed by atoms with E-state index in [1.165, 1.54) is 36.4 Å². The van der Waals surface area contributed by atoms with E-state index in [2.05, 4.69) is 95.0 Å². The van der Waals surface area contributed by atoms with Gasteiger partial charge in [0, 0.05) is 51.6 Å². The number of aliphatic carboxylic acids is 2. The molecule has 2 fully saturated rings. The summed E-state index contributed by atoms with van der Waals surface area (Å²) in [6, 6.07) is 11.1. The zero-order valence-electron chi connectivity index (χ0n) is 62.5. The molecule has 2 saturated heterocycles. The highest BCUT2D eigenvalue weighted by Gasteiger charge is 2.36. The monoisotopic (exact) mass is 1620 g/mol. The number of hydrogen-bond donors (Lipinski definition) is 22. The zero-order chi connectivity index (χ0) is 84.0. The van der Waals surface area contributed by atoms with E-state index in [4.69, 9.17) is 22.3 Å². The summed E-state index contributed by atoms with van der Waals surface area (Å²) in [5.41, 5.74) is 11.9. The maximum absolute atomic E-state index is 14.5. The number of azo groups is 1. The van der Waals surface area contributed by atoms with Gasteiger partial charge < -0.3 is 101 Å². The van der Waals surface area contributed by atoms with Gasteiger partial charge in [0.1, 0.15) is 54.4 Å². The molecule has 2 aliphatic rings. The van der Waals surface area contributed by atoms with Gasteiger partial charge >= 0.3 is 11.9 Å². The van der Waals surface area contributed by atoms with Crippen molar-refractivity contribution in [3.05, 3.63) is 126 Å². The molecule has 1 aromatic heterocycles. The highest BCUT2D eigenvalue weighted by atomic mass is 32.2. The summed E-state index contributed by atoms with van der Waals surface area (Å²) < 4.78 is 33.5. The number of nitrogens with two attached hydrogens (primary N) is 2. The highest BCUT2D eigenvalue weighted by Crippen LogP contribution is 2.19. The van der Waals surface area contributed by atoms with Gasteiger partial charge in [0.15, 0.2) is 17.7 Å². The van der Waals surface area contributed by atoms with Crippen LogP contribution in [-0.4, -0.2) is 222 Å². The fourth-order valence-corrected chi connectivity index (χ4v) is 12.5. The van der Waals surface area contributed by atoms with Gasteiger partial charge in [0.2, 0.25) is 70.9 Å². The van der Waals surface area contributed by atoms with Crippen molar-refractivity contribution in [3.8, 4) is 0 Å². The lowest BCUT2D eigenvalue weighted by Gasteiger charge is -2.26. The molecule has 6 rings (SSSR count). The summed E-state index contributed by atoms with van der Waals surface area (Å²) in [6.07, 6.45) is -1.84. The van der Waals surface area contributed by atoms with Crippen LogP contribution in [0.15, 0.2) is 118 Å². The molecular weight excluding hydrogens is 1520 g/mol. The fourth-order valence-electron chi connectivity index (χ4n) is 11.8. The Hall–Kier alpha value is -13.1. The van der Waals surface area contributed by atoms with Crippen molar-refractivity contribution in [3.63, 3.8) is 0 Å². The minimum Gasteiger partial charge on any atom is -0.481 e. The number of guanidine groups is 2. The van der Waals surface area contributed by atoms with Crippen LogP contribution in [0, 0.1) is 10.8 Å². The molecule has 2 aliphatic heterocycles. The number of benzene rings is 3. The van der Waals surface area contributed by atoms with E-state index in [1.807, 2.05) is 0 Å². The maximum atomic E-state index is 14.5. The molecule has 24 N–H and O–H groups in total. The Morgan fingerprint density at radius 3 is 1.35 bits per heavy atom. The number of amides is 13. The molecule has 3 unspecified atom stereocenters. The van der Waals surface area contributed by atoms with Crippen molar-refractivity contribution in [2.24, 2.45) is 21.7 Å². The van der Waals surface area contributed by atoms with Gasteiger partial charge in [-0.25, -0.2) is 4.98 Å². The Bertz CT molecular complexity index is 4280. The first-order valence-electron chi connectivity index (χ1n) is 36.7. The smallest absolute Gasteiger partial charge is 0.305 e. The van der Waals surface area contributed by atoms with Gasteiger partial charge in [-0.2, -0.15) is 13.5 Å². The number of carbonyl (C=O) groups is 15. The van der Waals surface area contributed by atoms with Crippen LogP contribution in [0.5, 0.6) is 0 Å². The first-order valence-corrected chi connectivity index (χ1v) is 38.1. The third-order valence-corrected chi connectivity index (χ3v) is 18.6. The molecule has 43 heteroatoms. The van der Waals surface area contributed by atoms with Crippen LogP contribution in [-0.2, 0) is 96.6 Å². The Balaban J connectivity index is 1.19. The topological polar surface area (TPSA) is 669 Å². The highest BCUT2D eigenvalue weighted by molar-refractivity contribution is 7.85. The molecule has 42 nitrogen and oxygen atoms in total. The van der Waals surface area contributed by atoms with E-state index in [-0.39, 0.29) is 145 Å². The Labute approximate surface area is 659 Å². The third-order valence-electron chi connectivity index (χ3n) is 17.7. The predicted molar refractivity (Wildman–Crippen MR) is 407 cm³/mol. The van der Waals surface area contributed by atoms with Crippen LogP contribution in [0.4, 0.5) is 5.82 Å². The molecule has 115 heavy (non-hydrogen) atoms. The van der Waals surface area contributed by atoms with E-state index in [9.17, 15) is 95.1 Å². The number of rotatable bonds is 36. The molecule has 0 radical (unpaired) electrons. The lowest BCUT2D eigenvalue weighted by atomic mass is 10.0. The maximum Gasteiger partial charge on any atom is 0.305 e. The first kappa shape index (κ1) is 90.8. The molecule has 3 heterocycles. The van der Waals surface area contributed by atoms with Crippen molar-refractivity contribution < 1.29 is 95.1 Å². The largest absolute Gasteiger partial charge is 0.481 e. The predicted octanol–water partition coefficient (Wildman–Crippen LogP) is -3.84. The molecule has 0 spiro atoms. The van der Waals surface area contributed by atoms with Crippen molar-refractivity contribution in [1.29, 1.82) is 10.8 Å². The lowest BCUT2D eigenvalue weighted by molar-refractivity contribution is -0.141. The average molecular weight is 1620 g/mol. The first-order chi connectivity index (χ1) is 54.8. The number of carbonyl (C=O) groups excluding carboxylic acids is 13. The number of carboxylic acids is 2. The van der Waals surface area contributed by atoms with Gasteiger partial charge in [-0.15, -0.1) is 5.11 Å². The van der Waals surface area contributed by atoms with Crippen molar-refractivity contribution in [2.75, 3.05) is 39.3 Å². The summed E-state index contributed by atoms with van der Waals surface area (Å²) in [4.78, 5) is 208. The molecule has 0 aliphatic carbocycles. The molecule has 620 valence electrons. The summed E-state index contributed by atoms with van der Waals surface area (Å²) in [7, 11) is -4.60. The Morgan fingerprint density at radius 1 is 0.496 bits per heavy atom. The van der Waals surface area contributed by atoms with Gasteiger partial charge in [-0.3, -0.25) is 87.3 Å². The standard InChI is InChI=1S/C72H96N22O20S/c73-71(74)79-31-13-22-45-65(106)88-47(67(108)90-50(33-41-15-3-1-4-16-41)69(110)92-52(35-59(98)99)63(104)82-39-57(96)85-45)20-9-11-29-77-56(95)28-26-49(87-61(102)44-25-27-55(81-37-44)94-84-38-43-19-7-8-24-54(43)115(112,113)114)62(103)78-30-12-10-21-48-68(109)91-51(34-42-17-5-2-6-18-42)70(111)93-53(36-60(100)101)64(105)83-40-58(97)86-46(66(107)89-48)23-14-32-80-72(75)76/h1-8,15-19,24-25,27,37,45-53H,9-14,20-23,26,28-36,38-40H2,(H,77,95)(H,78,103)(H,82,104)(H,83,105)(H,85,96)(H,86,97)(H,87,102)(H,88,106)(H,89,107)(H,90,108)(H,91,109)(H,92,110)(H,93,111)(H,98,99)(H,100,101)(H4,73,74,79)(H4,75,76,80)(H,112,113,114)/t45-,46-,47+,48?,49?,50+,51+,52?,53+/m0/s1. The quantitative estimate of drug-likeness (QED) is 0.00682. The second-order valence-corrected chi connectivity index (χ2v) is 28.1. The average Bonchev–Trinajstić information content (AvgIpc) is 1.56. The summed E-state index contributed by atoms with van der Waals surface area (Å²) in [5.74, 6) is -15.6. The van der Waals surface area contributed by atoms with Crippen LogP contribution in [0.3, 0.4) is 0 Å². The summed E-state index contributed by atoms with van der Waals surface area (Å²) >= 11 is 0. The van der Waals surface area contributed by atoms with E-state index in [0.29, 0.717) is 11.1 Å². The van der Waals surface area contributed by atoms with E-state index >= 15 is 0 Å². The zero-order valence-corrected chi connectivity index (χ0v) is 63.3. The molecule has 4 aromatic rings. The van der Waals surface area contributed by atoms with Crippen LogP contribution < -0.4 is 91.2 Å². The summed E-state index contributed by atoms with van der Waals surface area (Å²) in [6.45, 7) is -1.92. The van der Waals surface area contributed by atoms with Crippen LogP contribution >= 0.6 is 0 Å². The number of hydrogen-bond acceptors (Lipinski definition) is 22. The van der Waals surface area contributed by atoms with Gasteiger partial charge in [-0.1, -0.05) is 78.9 Å². The number of carboxylic acid groups (broad SMARTS) is 2. The van der Waals surface area contributed by atoms with Crippen molar-refractivity contribution in [1.82, 2.24) is 84.7 Å². The van der Waals surface area contributed by atoms with Crippen molar-refractivity contribution in [2.45, 2.75) is 169 Å². The van der Waals surface area contributed by atoms with E-state index < -0.39 is 190 Å². The molecule has 9 atom stereocenters. The van der Waals surface area contributed by atoms with Gasteiger partial charge in [0.25, 0.3) is 16.0 Å². The lowest BCUT2D eigenvalue weighted by Crippen LogP contribution is -2.58. The summed E-state index contributed by atoms with van der Waals surface area (Å²) in [5, 5.41) is 80.4. The van der Waals surface area contributed by atoms with E-state index in [0.717, 1.165) is 6.20 Å². The number of nitrogens with zero attached hydrogens (tertiary/aromatic N) is 3. The Kier molecular flexibility index (Phi) is 36.8. The molecule has 13 amide bonds. The number of unbranched alkanes of at least 4 members (excludes halogenated alkanes) is 2. The number of aromatic nitrogens is 1. The molecular formula is C72H96N22O20S. The van der Waals surface area contributed by atoms with Crippen LogP contribution in [0.2, 0.25) is 0 Å². The molecule has 3 aromatic carbocycles. The number of pyridine rings is 1. The van der Waals surface area contributed by atoms with Crippen LogP contribution in [0.1, 0.15) is 117 Å². The third kappa shape index (κ3) is 33.0. The van der Waals surface area contributed by atoms with Gasteiger partial charge in [0.05, 0.1) is 42.9 Å². The number of nitrogens with one attached hydrogen (secondary N) is 17. The van der Waals surface area contributed by atoms with Crippen molar-refractivity contribution >= 4 is 117 Å². The normalized spacial score (nSPS) is 19.9. The fraction of sp³-hybridized carbons (Fsp3) is 0.444. The molecule has 0 saturated carbocycles. The van der Waals surface area contributed by atoms with Crippen LogP contribution in [0.25, 0.3) is 0 Å². The second kappa shape index (κ2) is 46.7. The molecule has 0 bridgehead atoms. The van der Waals surface area contributed by atoms with E-state index in [1.54, 1.807) is 60.7 Å². The minimum atomic E-state index is -4.60.